The molecule has 0 saturated carbocycles. The Morgan fingerprint density at radius 3 is 2.00 bits per heavy atom. The molecule has 0 aliphatic carbocycles. The summed E-state index contributed by atoms with van der Waals surface area (Å²) in [4.78, 5) is 64.2. The molecule has 0 aromatic heterocycles. The van der Waals surface area contributed by atoms with Gasteiger partial charge in [-0.2, -0.15) is 8.42 Å². The first-order valence-electron chi connectivity index (χ1n) is 16.1. The fraction of sp³-hybridized carbons (Fsp3) is 0.645. The van der Waals surface area contributed by atoms with Gasteiger partial charge in [-0.15, -0.1) is 0 Å². The van der Waals surface area contributed by atoms with Crippen LogP contribution in [0.5, 0.6) is 5.75 Å². The highest BCUT2D eigenvalue weighted by Crippen LogP contribution is 2.32. The van der Waals surface area contributed by atoms with Crippen LogP contribution < -0.4 is 10.1 Å². The lowest BCUT2D eigenvalue weighted by Gasteiger charge is -2.44. The van der Waals surface area contributed by atoms with E-state index in [-0.39, 0.29) is 63.0 Å². The minimum atomic E-state index is -3.85. The predicted molar refractivity (Wildman–Crippen MR) is 177 cm³/mol. The minimum absolute atomic E-state index is 0.0178. The van der Waals surface area contributed by atoms with Crippen molar-refractivity contribution in [3.05, 3.63) is 39.8 Å². The molecular formula is C31H44N4O17S. The Hall–Kier alpha value is -4.57. The fourth-order valence-electron chi connectivity index (χ4n) is 4.55. The van der Waals surface area contributed by atoms with Crippen LogP contribution in [0.15, 0.2) is 23.3 Å². The molecule has 1 fully saturated rings. The summed E-state index contributed by atoms with van der Waals surface area (Å²) in [5, 5.41) is 6.00. The average Bonchev–Trinajstić information content (AvgIpc) is 3.07. The number of nitrogens with one attached hydrogen (secondary N) is 1. The number of amides is 1. The van der Waals surface area contributed by atoms with Gasteiger partial charge in [0, 0.05) is 45.7 Å². The van der Waals surface area contributed by atoms with Crippen molar-refractivity contribution in [2.24, 2.45) is 5.11 Å². The first-order valence-corrected chi connectivity index (χ1v) is 17.9. The van der Waals surface area contributed by atoms with Gasteiger partial charge in [-0.25, -0.2) is 0 Å². The van der Waals surface area contributed by atoms with Crippen LogP contribution in [-0.4, -0.2) is 135 Å². The van der Waals surface area contributed by atoms with Crippen LogP contribution in [0.1, 0.15) is 43.6 Å². The quantitative estimate of drug-likeness (QED) is 0.0305. The second-order valence-corrected chi connectivity index (χ2v) is 12.7. The highest BCUT2D eigenvalue weighted by atomic mass is 32.2. The molecule has 0 spiro atoms. The lowest BCUT2D eigenvalue weighted by atomic mass is 9.98. The van der Waals surface area contributed by atoms with Gasteiger partial charge in [0.25, 0.3) is 16.0 Å². The zero-order valence-corrected chi connectivity index (χ0v) is 30.7. The highest BCUT2D eigenvalue weighted by molar-refractivity contribution is 7.85. The first-order chi connectivity index (χ1) is 25.1. The summed E-state index contributed by atoms with van der Waals surface area (Å²) in [5.41, 5.74) is 8.34. The molecule has 0 radical (unpaired) electrons. The largest absolute Gasteiger partial charge is 0.463 e. The maximum atomic E-state index is 13.5. The van der Waals surface area contributed by atoms with Gasteiger partial charge >= 0.3 is 23.9 Å². The molecular weight excluding hydrogens is 732 g/mol. The van der Waals surface area contributed by atoms with Gasteiger partial charge in [0.15, 0.2) is 12.2 Å². The number of rotatable bonds is 23. The van der Waals surface area contributed by atoms with Gasteiger partial charge in [0.1, 0.15) is 18.5 Å². The van der Waals surface area contributed by atoms with E-state index in [4.69, 9.17) is 52.3 Å². The van der Waals surface area contributed by atoms with E-state index in [0.29, 0.717) is 6.61 Å². The van der Waals surface area contributed by atoms with E-state index in [1.165, 1.54) is 18.2 Å². The van der Waals surface area contributed by atoms with Crippen molar-refractivity contribution in [3.8, 4) is 5.75 Å². The molecule has 1 aliphatic heterocycles. The lowest BCUT2D eigenvalue weighted by molar-refractivity contribution is -0.288. The monoisotopic (exact) mass is 776 g/mol. The Bertz CT molecular complexity index is 1550. The summed E-state index contributed by atoms with van der Waals surface area (Å²) in [5.74, 6) is -4.13. The number of carbonyl (C=O) groups is 5. The van der Waals surface area contributed by atoms with Crippen molar-refractivity contribution in [1.29, 1.82) is 0 Å². The molecule has 1 saturated heterocycles. The summed E-state index contributed by atoms with van der Waals surface area (Å²) in [6.45, 7) is 4.98. The molecule has 296 valence electrons. The first kappa shape index (κ1) is 44.6. The number of hydrogen-bond acceptors (Lipinski definition) is 18. The van der Waals surface area contributed by atoms with Crippen LogP contribution in [0.3, 0.4) is 0 Å². The maximum absolute atomic E-state index is 13.5. The predicted octanol–water partition coefficient (Wildman–Crippen LogP) is 0.715. The molecule has 5 atom stereocenters. The molecule has 21 nitrogen and oxygen atoms in total. The number of carbonyl (C=O) groups excluding carboxylic acids is 5. The number of esters is 4. The van der Waals surface area contributed by atoms with Gasteiger partial charge in [0.2, 0.25) is 12.4 Å². The van der Waals surface area contributed by atoms with Crippen molar-refractivity contribution >= 4 is 39.9 Å². The Labute approximate surface area is 305 Å². The number of azide groups is 1. The van der Waals surface area contributed by atoms with E-state index < -0.39 is 83.8 Å². The van der Waals surface area contributed by atoms with Crippen LogP contribution in [0, 0.1) is 0 Å². The normalized spacial score (nSPS) is 19.6. The standard InChI is InChI=1S/C31H44N4O17S/c1-19(36)46-18-26-27(48-20(2)37)28(49-21(3)38)29(50-22(4)39)31(52-26)51-25-7-6-23(17-47-53(5,41)42)16-24(25)30(40)33-8-10-43-12-14-45-15-13-44-11-9-34-35-32/h6-7,16,26-29,31H,8-15,17-18H2,1-5H3,(H,33,40)/t26-,27+,28+,29-,31-/m1/s1. The van der Waals surface area contributed by atoms with E-state index in [0.717, 1.165) is 34.0 Å². The molecule has 0 unspecified atom stereocenters. The zero-order chi connectivity index (χ0) is 39.4. The fourth-order valence-corrected chi connectivity index (χ4v) is 4.91. The van der Waals surface area contributed by atoms with E-state index in [1.807, 2.05) is 0 Å². The SMILES string of the molecule is CC(=O)OC[C@H]1O[C@@H](Oc2ccc(COS(C)(=O)=O)cc2C(=O)NCCOCCOCCOCCN=[N+]=[N-])[C@H](OC(C)=O)[C@@H](OC(C)=O)[C@H]1OC(C)=O. The second kappa shape index (κ2) is 23.2. The molecule has 0 bridgehead atoms. The molecule has 22 heteroatoms. The number of hydrogen-bond donors (Lipinski definition) is 1. The Morgan fingerprint density at radius 2 is 1.42 bits per heavy atom. The van der Waals surface area contributed by atoms with Crippen molar-refractivity contribution in [2.75, 3.05) is 65.6 Å². The van der Waals surface area contributed by atoms with Crippen LogP contribution >= 0.6 is 0 Å². The minimum Gasteiger partial charge on any atom is -0.463 e. The molecule has 1 aliphatic rings. The third-order valence-corrected chi connectivity index (χ3v) is 7.14. The van der Waals surface area contributed by atoms with E-state index in [9.17, 15) is 32.4 Å². The van der Waals surface area contributed by atoms with Gasteiger partial charge in [-0.1, -0.05) is 11.2 Å². The summed E-state index contributed by atoms with van der Waals surface area (Å²) in [6.07, 6.45) is -6.67. The lowest BCUT2D eigenvalue weighted by Crippen LogP contribution is -2.63. The smallest absolute Gasteiger partial charge is 0.303 e. The van der Waals surface area contributed by atoms with E-state index in [1.54, 1.807) is 0 Å². The highest BCUT2D eigenvalue weighted by Gasteiger charge is 2.53. The average molecular weight is 777 g/mol. The van der Waals surface area contributed by atoms with Crippen molar-refractivity contribution in [3.63, 3.8) is 0 Å². The maximum Gasteiger partial charge on any atom is 0.303 e. The van der Waals surface area contributed by atoms with E-state index >= 15 is 0 Å². The third-order valence-electron chi connectivity index (χ3n) is 6.59. The molecule has 1 aromatic rings. The zero-order valence-electron chi connectivity index (χ0n) is 29.9. The molecule has 53 heavy (non-hydrogen) atoms. The van der Waals surface area contributed by atoms with Crippen LogP contribution in [-0.2, 0) is 78.0 Å². The summed E-state index contributed by atoms with van der Waals surface area (Å²) in [7, 11) is -3.85. The number of benzene rings is 1. The second-order valence-electron chi connectivity index (χ2n) is 11.0. The van der Waals surface area contributed by atoms with E-state index in [2.05, 4.69) is 15.3 Å². The summed E-state index contributed by atoms with van der Waals surface area (Å²) >= 11 is 0. The molecule has 1 amide bonds. The molecule has 1 aromatic carbocycles. The molecule has 1 N–H and O–H groups in total. The third kappa shape index (κ3) is 17.7. The van der Waals surface area contributed by atoms with Crippen molar-refractivity contribution in [2.45, 2.75) is 65.0 Å². The van der Waals surface area contributed by atoms with Crippen LogP contribution in [0.2, 0.25) is 0 Å². The number of ether oxygens (including phenoxy) is 9. The van der Waals surface area contributed by atoms with Gasteiger partial charge in [-0.05, 0) is 23.2 Å². The van der Waals surface area contributed by atoms with Crippen LogP contribution in [0.25, 0.3) is 10.4 Å². The van der Waals surface area contributed by atoms with Gasteiger partial charge in [0.05, 0.1) is 58.1 Å². The van der Waals surface area contributed by atoms with Crippen molar-refractivity contribution < 1.29 is 79.2 Å². The Kier molecular flexibility index (Phi) is 19.5. The molecule has 1 heterocycles. The van der Waals surface area contributed by atoms with Gasteiger partial charge < -0.3 is 47.9 Å². The summed E-state index contributed by atoms with van der Waals surface area (Å²) < 4.78 is 77.5. The Morgan fingerprint density at radius 1 is 0.830 bits per heavy atom. The van der Waals surface area contributed by atoms with Gasteiger partial charge in [-0.3, -0.25) is 28.2 Å². The molecule has 2 rings (SSSR count). The topological polar surface area (TPSA) is 273 Å². The Balaban J connectivity index is 2.28. The van der Waals surface area contributed by atoms with Crippen molar-refractivity contribution in [1.82, 2.24) is 5.32 Å². The van der Waals surface area contributed by atoms with Crippen LogP contribution in [0.4, 0.5) is 0 Å². The number of nitrogens with zero attached hydrogens (tertiary/aromatic N) is 3. The summed E-state index contributed by atoms with van der Waals surface area (Å²) in [6, 6.07) is 4.00.